The number of hydrazine groups is 1. The third kappa shape index (κ3) is 6.82. The van der Waals surface area contributed by atoms with Crippen molar-refractivity contribution in [2.75, 3.05) is 0 Å². The zero-order valence-electron chi connectivity index (χ0n) is 20.9. The summed E-state index contributed by atoms with van der Waals surface area (Å²) in [5.41, 5.74) is -2.25. The van der Waals surface area contributed by atoms with E-state index in [1.165, 1.54) is 31.2 Å². The van der Waals surface area contributed by atoms with Crippen molar-refractivity contribution in [2.45, 2.75) is 18.5 Å². The lowest BCUT2D eigenvalue weighted by atomic mass is 9.75. The van der Waals surface area contributed by atoms with Gasteiger partial charge in [-0.1, -0.05) is 53.5 Å². The normalized spacial score (nSPS) is 12.5. The molecule has 15 heteroatoms. The largest absolute Gasteiger partial charge is 0.480 e. The molecule has 3 aromatic carbocycles. The fourth-order valence-corrected chi connectivity index (χ4v) is 4.29. The van der Waals surface area contributed by atoms with Crippen LogP contribution in [0.1, 0.15) is 34.0 Å². The number of aromatic nitrogens is 3. The first kappa shape index (κ1) is 31.1. The number of hydrogen-bond acceptors (Lipinski definition) is 6. The first-order chi connectivity index (χ1) is 19.2. The summed E-state index contributed by atoms with van der Waals surface area (Å²) in [6.45, 7) is 1.20. The quantitative estimate of drug-likeness (QED) is 0.151. The van der Waals surface area contributed by atoms with Gasteiger partial charge in [0.05, 0.1) is 16.3 Å². The SMILES string of the molecule is CC(C(=O)O)(c1ccc(Cl)c(C(F)(F)F)c1)c1ccc(-n2ncc(=O)[nH]c2=O)cc1Cl.NNC(=O)c1ccccc1. The van der Waals surface area contributed by atoms with E-state index in [1.807, 2.05) is 16.5 Å². The number of alkyl halides is 3. The van der Waals surface area contributed by atoms with E-state index in [2.05, 4.69) is 5.10 Å². The monoisotopic (exact) mass is 609 g/mol. The van der Waals surface area contributed by atoms with Gasteiger partial charge in [0, 0.05) is 10.6 Å². The summed E-state index contributed by atoms with van der Waals surface area (Å²) >= 11 is 11.9. The van der Waals surface area contributed by atoms with Crippen molar-refractivity contribution in [1.82, 2.24) is 20.2 Å². The molecule has 1 heterocycles. The predicted molar refractivity (Wildman–Crippen MR) is 144 cm³/mol. The lowest BCUT2D eigenvalue weighted by molar-refractivity contribution is -0.142. The minimum Gasteiger partial charge on any atom is -0.480 e. The third-order valence-electron chi connectivity index (χ3n) is 5.89. The molecule has 5 N–H and O–H groups in total. The number of carboxylic acids is 1. The molecule has 0 radical (unpaired) electrons. The number of nitrogens with zero attached hydrogens (tertiary/aromatic N) is 2. The molecule has 0 aliphatic carbocycles. The van der Waals surface area contributed by atoms with Crippen LogP contribution < -0.4 is 22.5 Å². The Hall–Kier alpha value is -4.46. The number of aromatic amines is 1. The fourth-order valence-electron chi connectivity index (χ4n) is 3.70. The van der Waals surface area contributed by atoms with Crippen molar-refractivity contribution in [3.05, 3.63) is 126 Å². The smallest absolute Gasteiger partial charge is 0.417 e. The molecule has 0 saturated carbocycles. The van der Waals surface area contributed by atoms with Crippen molar-refractivity contribution in [1.29, 1.82) is 0 Å². The zero-order valence-corrected chi connectivity index (χ0v) is 22.4. The minimum absolute atomic E-state index is 0.0293. The third-order valence-corrected chi connectivity index (χ3v) is 6.54. The van der Waals surface area contributed by atoms with Crippen LogP contribution in [0.25, 0.3) is 5.69 Å². The summed E-state index contributed by atoms with van der Waals surface area (Å²) in [5, 5.41) is 12.9. The summed E-state index contributed by atoms with van der Waals surface area (Å²) in [6, 6.07) is 15.4. The second-order valence-corrected chi connectivity index (χ2v) is 9.29. The van der Waals surface area contributed by atoms with Gasteiger partial charge in [-0.2, -0.15) is 23.0 Å². The molecule has 0 fully saturated rings. The zero-order chi connectivity index (χ0) is 30.5. The molecule has 4 rings (SSSR count). The molecule has 1 aromatic heterocycles. The van der Waals surface area contributed by atoms with Crippen molar-refractivity contribution in [2.24, 2.45) is 5.84 Å². The van der Waals surface area contributed by atoms with Crippen LogP contribution in [-0.4, -0.2) is 31.7 Å². The van der Waals surface area contributed by atoms with Gasteiger partial charge < -0.3 is 5.11 Å². The lowest BCUT2D eigenvalue weighted by Gasteiger charge is -2.28. The van der Waals surface area contributed by atoms with E-state index < -0.39 is 39.4 Å². The van der Waals surface area contributed by atoms with E-state index in [0.717, 1.165) is 16.9 Å². The molecular formula is C26H20Cl2F3N5O5. The Balaban J connectivity index is 0.000000389. The second-order valence-electron chi connectivity index (χ2n) is 8.48. The van der Waals surface area contributed by atoms with Crippen molar-refractivity contribution in [3.63, 3.8) is 0 Å². The topological polar surface area (TPSA) is 160 Å². The highest BCUT2D eigenvalue weighted by Crippen LogP contribution is 2.42. The molecule has 0 bridgehead atoms. The number of halogens is 5. The van der Waals surface area contributed by atoms with Gasteiger partial charge in [-0.25, -0.2) is 10.6 Å². The van der Waals surface area contributed by atoms with Crippen LogP contribution in [0.15, 0.2) is 82.5 Å². The van der Waals surface area contributed by atoms with E-state index in [9.17, 15) is 37.5 Å². The van der Waals surface area contributed by atoms with E-state index >= 15 is 0 Å². The van der Waals surface area contributed by atoms with E-state index in [1.54, 1.807) is 24.3 Å². The van der Waals surface area contributed by atoms with Crippen LogP contribution in [-0.2, 0) is 16.4 Å². The maximum Gasteiger partial charge on any atom is 0.417 e. The number of benzene rings is 3. The Morgan fingerprint density at radius 3 is 2.17 bits per heavy atom. The standard InChI is InChI=1S/C19H12Cl2F3N3O4.C7H8N2O/c1-18(16(29)30,9-2-5-13(20)12(6-9)19(22,23)24)11-4-3-10(7-14(11)21)27-17(31)26-15(28)8-25-27;8-9-7(10)6-4-2-1-3-5-6/h2-8H,1H3,(H,29,30)(H,26,28,31);1-5H,8H2,(H,9,10). The molecular weight excluding hydrogens is 590 g/mol. The molecule has 0 saturated heterocycles. The summed E-state index contributed by atoms with van der Waals surface area (Å²) in [5.74, 6) is 3.18. The molecule has 1 amide bonds. The first-order valence-corrected chi connectivity index (χ1v) is 12.1. The van der Waals surface area contributed by atoms with Gasteiger partial charge in [-0.15, -0.1) is 0 Å². The Morgan fingerprint density at radius 1 is 0.976 bits per heavy atom. The number of carbonyl (C=O) groups is 2. The Morgan fingerprint density at radius 2 is 1.63 bits per heavy atom. The Bertz CT molecular complexity index is 1710. The Kier molecular flexibility index (Phi) is 9.38. The summed E-state index contributed by atoms with van der Waals surface area (Å²) in [4.78, 5) is 48.1. The van der Waals surface area contributed by atoms with E-state index in [-0.39, 0.29) is 27.7 Å². The lowest BCUT2D eigenvalue weighted by Crippen LogP contribution is -2.35. The number of nitrogens with one attached hydrogen (secondary N) is 2. The van der Waals surface area contributed by atoms with Gasteiger partial charge in [0.1, 0.15) is 11.6 Å². The number of amides is 1. The molecule has 0 spiro atoms. The van der Waals surface area contributed by atoms with E-state index in [4.69, 9.17) is 29.0 Å². The van der Waals surface area contributed by atoms with Gasteiger partial charge in [-0.05, 0) is 54.4 Å². The summed E-state index contributed by atoms with van der Waals surface area (Å²) in [7, 11) is 0. The highest BCUT2D eigenvalue weighted by molar-refractivity contribution is 6.32. The van der Waals surface area contributed by atoms with Crippen molar-refractivity contribution >= 4 is 35.1 Å². The molecule has 214 valence electrons. The molecule has 41 heavy (non-hydrogen) atoms. The number of aliphatic carboxylic acids is 1. The van der Waals surface area contributed by atoms with Crippen LogP contribution in [0.2, 0.25) is 10.0 Å². The van der Waals surface area contributed by atoms with E-state index in [0.29, 0.717) is 11.6 Å². The number of H-pyrrole nitrogens is 1. The molecule has 1 atom stereocenters. The highest BCUT2D eigenvalue weighted by Gasteiger charge is 2.42. The number of carboxylic acid groups (broad SMARTS) is 1. The highest BCUT2D eigenvalue weighted by atomic mass is 35.5. The fraction of sp³-hybridized carbons (Fsp3) is 0.115. The summed E-state index contributed by atoms with van der Waals surface area (Å²) in [6.07, 6.45) is -3.94. The van der Waals surface area contributed by atoms with Crippen LogP contribution in [0.3, 0.4) is 0 Å². The molecule has 0 aliphatic heterocycles. The molecule has 1 unspecified atom stereocenters. The number of hydrogen-bond donors (Lipinski definition) is 4. The number of nitrogen functional groups attached to an aromatic ring is 1. The number of carbonyl (C=O) groups excluding carboxylic acids is 1. The van der Waals surface area contributed by atoms with Crippen LogP contribution >= 0.6 is 23.2 Å². The van der Waals surface area contributed by atoms with Crippen LogP contribution in [0, 0.1) is 0 Å². The maximum atomic E-state index is 13.3. The van der Waals surface area contributed by atoms with Crippen LogP contribution in [0.4, 0.5) is 13.2 Å². The Labute approximate surface area is 239 Å². The second kappa shape index (κ2) is 12.4. The number of rotatable bonds is 5. The van der Waals surface area contributed by atoms with Gasteiger partial charge in [0.2, 0.25) is 0 Å². The number of nitrogens with two attached hydrogens (primary N) is 1. The van der Waals surface area contributed by atoms with Gasteiger partial charge in [0.15, 0.2) is 0 Å². The average Bonchev–Trinajstić information content (AvgIpc) is 2.92. The van der Waals surface area contributed by atoms with Crippen LogP contribution in [0.5, 0.6) is 0 Å². The first-order valence-electron chi connectivity index (χ1n) is 11.4. The van der Waals surface area contributed by atoms with Gasteiger partial charge in [0.25, 0.3) is 11.5 Å². The average molecular weight is 610 g/mol. The predicted octanol–water partition coefficient (Wildman–Crippen LogP) is 3.93. The molecule has 4 aromatic rings. The molecule has 0 aliphatic rings. The van der Waals surface area contributed by atoms with Gasteiger partial charge >= 0.3 is 17.8 Å². The minimum atomic E-state index is -4.79. The maximum absolute atomic E-state index is 13.3. The van der Waals surface area contributed by atoms with Crippen molar-refractivity contribution in [3.8, 4) is 5.69 Å². The molecule has 10 nitrogen and oxygen atoms in total. The summed E-state index contributed by atoms with van der Waals surface area (Å²) < 4.78 is 40.7. The van der Waals surface area contributed by atoms with Crippen molar-refractivity contribution < 1.29 is 27.9 Å². The van der Waals surface area contributed by atoms with Gasteiger partial charge in [-0.3, -0.25) is 24.8 Å².